The van der Waals surface area contributed by atoms with Gasteiger partial charge in [-0.2, -0.15) is 0 Å². The summed E-state index contributed by atoms with van der Waals surface area (Å²) in [5.74, 6) is 2.79. The van der Waals surface area contributed by atoms with Crippen molar-refractivity contribution in [3.05, 3.63) is 48.2 Å². The van der Waals surface area contributed by atoms with E-state index in [1.165, 1.54) is 25.7 Å². The molecule has 0 atom stereocenters. The monoisotopic (exact) mass is 510 g/mol. The highest BCUT2D eigenvalue weighted by Gasteiger charge is 2.15. The van der Waals surface area contributed by atoms with E-state index in [0.717, 1.165) is 18.1 Å². The predicted molar refractivity (Wildman–Crippen MR) is 128 cm³/mol. The summed E-state index contributed by atoms with van der Waals surface area (Å²) in [5.41, 5.74) is 1.04. The zero-order valence-electron chi connectivity index (χ0n) is 17.2. The fraction of sp³-hybridized carbons (Fsp3) is 0.455. The minimum atomic E-state index is 0. The Balaban J connectivity index is 0.00000300. The SMILES string of the molecule is CCNC(=NCc1ccc(Oc2ccccc2OCC)nc1)NC1CCCC1.I. The van der Waals surface area contributed by atoms with E-state index in [1.807, 2.05) is 43.3 Å². The van der Waals surface area contributed by atoms with Gasteiger partial charge in [0.25, 0.3) is 0 Å². The zero-order valence-corrected chi connectivity index (χ0v) is 19.5. The molecule has 3 rings (SSSR count). The molecule has 2 aromatic rings. The molecule has 1 aliphatic carbocycles. The third kappa shape index (κ3) is 7.38. The molecule has 29 heavy (non-hydrogen) atoms. The molecule has 1 saturated carbocycles. The maximum atomic E-state index is 5.87. The number of nitrogens with zero attached hydrogens (tertiary/aromatic N) is 2. The van der Waals surface area contributed by atoms with Crippen molar-refractivity contribution in [3.63, 3.8) is 0 Å². The first kappa shape index (κ1) is 23.3. The van der Waals surface area contributed by atoms with Gasteiger partial charge in [-0.15, -0.1) is 24.0 Å². The van der Waals surface area contributed by atoms with E-state index in [0.29, 0.717) is 36.6 Å². The molecule has 0 amide bonds. The van der Waals surface area contributed by atoms with Gasteiger partial charge in [-0.3, -0.25) is 0 Å². The molecule has 0 spiro atoms. The van der Waals surface area contributed by atoms with Crippen molar-refractivity contribution in [3.8, 4) is 17.4 Å². The van der Waals surface area contributed by atoms with Crippen LogP contribution in [-0.4, -0.2) is 30.1 Å². The van der Waals surface area contributed by atoms with Gasteiger partial charge in [0, 0.05) is 24.8 Å². The summed E-state index contributed by atoms with van der Waals surface area (Å²) in [6, 6.07) is 12.0. The second-order valence-corrected chi connectivity index (χ2v) is 6.81. The Hall–Kier alpha value is -2.03. The summed E-state index contributed by atoms with van der Waals surface area (Å²) in [4.78, 5) is 9.11. The summed E-state index contributed by atoms with van der Waals surface area (Å²) in [6.07, 6.45) is 6.85. The molecule has 6 nitrogen and oxygen atoms in total. The van der Waals surface area contributed by atoms with Crippen LogP contribution in [0.5, 0.6) is 17.4 Å². The van der Waals surface area contributed by atoms with Crippen LogP contribution < -0.4 is 20.1 Å². The molecule has 0 radical (unpaired) electrons. The summed E-state index contributed by atoms with van der Waals surface area (Å²) in [7, 11) is 0. The quantitative estimate of drug-likeness (QED) is 0.301. The van der Waals surface area contributed by atoms with Crippen LogP contribution >= 0.6 is 24.0 Å². The number of halogens is 1. The summed E-state index contributed by atoms with van der Waals surface area (Å²) >= 11 is 0. The average molecular weight is 510 g/mol. The average Bonchev–Trinajstić information content (AvgIpc) is 3.22. The van der Waals surface area contributed by atoms with Crippen LogP contribution in [0.3, 0.4) is 0 Å². The van der Waals surface area contributed by atoms with E-state index in [-0.39, 0.29) is 24.0 Å². The van der Waals surface area contributed by atoms with Crippen LogP contribution in [0.4, 0.5) is 0 Å². The number of guanidine groups is 1. The Bertz CT molecular complexity index is 762. The highest BCUT2D eigenvalue weighted by Crippen LogP contribution is 2.30. The third-order valence-electron chi connectivity index (χ3n) is 4.62. The fourth-order valence-electron chi connectivity index (χ4n) is 3.24. The number of para-hydroxylation sites is 2. The van der Waals surface area contributed by atoms with Gasteiger partial charge in [0.05, 0.1) is 13.2 Å². The van der Waals surface area contributed by atoms with Gasteiger partial charge in [0.1, 0.15) is 0 Å². The first-order valence-corrected chi connectivity index (χ1v) is 10.2. The number of rotatable bonds is 8. The van der Waals surface area contributed by atoms with Gasteiger partial charge in [-0.05, 0) is 44.4 Å². The molecule has 158 valence electrons. The first-order chi connectivity index (χ1) is 13.8. The van der Waals surface area contributed by atoms with Crippen LogP contribution in [0.25, 0.3) is 0 Å². The van der Waals surface area contributed by atoms with Gasteiger partial charge in [0.2, 0.25) is 5.88 Å². The predicted octanol–water partition coefficient (Wildman–Crippen LogP) is 4.89. The third-order valence-corrected chi connectivity index (χ3v) is 4.62. The molecule has 1 aromatic heterocycles. The van der Waals surface area contributed by atoms with Crippen molar-refractivity contribution < 1.29 is 9.47 Å². The smallest absolute Gasteiger partial charge is 0.219 e. The molecule has 2 N–H and O–H groups in total. The van der Waals surface area contributed by atoms with Crippen LogP contribution in [0, 0.1) is 0 Å². The van der Waals surface area contributed by atoms with Crippen LogP contribution in [0.1, 0.15) is 45.1 Å². The molecule has 1 heterocycles. The topological polar surface area (TPSA) is 67.8 Å². The van der Waals surface area contributed by atoms with Gasteiger partial charge >= 0.3 is 0 Å². The lowest BCUT2D eigenvalue weighted by atomic mass is 10.2. The molecule has 1 fully saturated rings. The van der Waals surface area contributed by atoms with Gasteiger partial charge < -0.3 is 20.1 Å². The molecule has 0 bridgehead atoms. The Morgan fingerprint density at radius 2 is 1.86 bits per heavy atom. The minimum absolute atomic E-state index is 0. The van der Waals surface area contributed by atoms with Crippen molar-refractivity contribution in [2.24, 2.45) is 4.99 Å². The zero-order chi connectivity index (χ0) is 19.6. The molecule has 1 aliphatic rings. The molecule has 0 saturated heterocycles. The van der Waals surface area contributed by atoms with Crippen LogP contribution in [0.2, 0.25) is 0 Å². The van der Waals surface area contributed by atoms with E-state index in [4.69, 9.17) is 14.5 Å². The van der Waals surface area contributed by atoms with Gasteiger partial charge in [0.15, 0.2) is 17.5 Å². The maximum Gasteiger partial charge on any atom is 0.219 e. The van der Waals surface area contributed by atoms with Crippen LogP contribution in [-0.2, 0) is 6.54 Å². The Labute approximate surface area is 190 Å². The van der Waals surface area contributed by atoms with E-state index >= 15 is 0 Å². The summed E-state index contributed by atoms with van der Waals surface area (Å²) in [5, 5.41) is 6.85. The lowest BCUT2D eigenvalue weighted by Crippen LogP contribution is -2.42. The van der Waals surface area contributed by atoms with E-state index in [2.05, 4.69) is 22.5 Å². The second kappa shape index (κ2) is 12.5. The lowest BCUT2D eigenvalue weighted by Gasteiger charge is -2.16. The minimum Gasteiger partial charge on any atom is -0.490 e. The van der Waals surface area contributed by atoms with Gasteiger partial charge in [-0.25, -0.2) is 9.98 Å². The van der Waals surface area contributed by atoms with E-state index < -0.39 is 0 Å². The molecule has 0 unspecified atom stereocenters. The number of pyridine rings is 1. The molecular weight excluding hydrogens is 479 g/mol. The molecule has 1 aromatic carbocycles. The van der Waals surface area contributed by atoms with Crippen molar-refractivity contribution in [1.29, 1.82) is 0 Å². The van der Waals surface area contributed by atoms with Crippen molar-refractivity contribution in [2.75, 3.05) is 13.2 Å². The first-order valence-electron chi connectivity index (χ1n) is 10.2. The largest absolute Gasteiger partial charge is 0.490 e. The van der Waals surface area contributed by atoms with Crippen molar-refractivity contribution in [2.45, 2.75) is 52.1 Å². The summed E-state index contributed by atoms with van der Waals surface area (Å²) < 4.78 is 11.5. The number of hydrogen-bond donors (Lipinski definition) is 2. The summed E-state index contributed by atoms with van der Waals surface area (Å²) in [6.45, 7) is 6.05. The normalized spacial score (nSPS) is 14.2. The number of hydrogen-bond acceptors (Lipinski definition) is 4. The van der Waals surface area contributed by atoms with Crippen LogP contribution in [0.15, 0.2) is 47.6 Å². The van der Waals surface area contributed by atoms with E-state index in [9.17, 15) is 0 Å². The van der Waals surface area contributed by atoms with Crippen molar-refractivity contribution >= 4 is 29.9 Å². The molecule has 7 heteroatoms. The van der Waals surface area contributed by atoms with Gasteiger partial charge in [-0.1, -0.05) is 31.0 Å². The highest BCUT2D eigenvalue weighted by molar-refractivity contribution is 14.0. The number of aromatic nitrogens is 1. The molecular formula is C22H31IN4O2. The fourth-order valence-corrected chi connectivity index (χ4v) is 3.24. The Kier molecular flexibility index (Phi) is 10.0. The van der Waals surface area contributed by atoms with E-state index in [1.54, 1.807) is 6.20 Å². The maximum absolute atomic E-state index is 5.87. The lowest BCUT2D eigenvalue weighted by molar-refractivity contribution is 0.319. The number of benzene rings is 1. The number of nitrogens with one attached hydrogen (secondary N) is 2. The Morgan fingerprint density at radius 1 is 1.10 bits per heavy atom. The molecule has 0 aliphatic heterocycles. The second-order valence-electron chi connectivity index (χ2n) is 6.81. The number of aliphatic imine (C=N–C) groups is 1. The highest BCUT2D eigenvalue weighted by atomic mass is 127. The Morgan fingerprint density at radius 3 is 2.52 bits per heavy atom. The number of ether oxygens (including phenoxy) is 2. The standard InChI is InChI=1S/C22H30N4O2.HI/c1-3-23-22(26-18-9-5-6-10-18)25-16-17-13-14-21(24-15-17)28-20-12-8-7-11-19(20)27-4-2;/h7-8,11-15,18H,3-6,9-10,16H2,1-2H3,(H2,23,25,26);1H. The van der Waals surface area contributed by atoms with Crippen molar-refractivity contribution in [1.82, 2.24) is 15.6 Å².